The van der Waals surface area contributed by atoms with Crippen molar-refractivity contribution in [3.63, 3.8) is 0 Å². The monoisotopic (exact) mass is 492 g/mol. The van der Waals surface area contributed by atoms with Gasteiger partial charge in [0.2, 0.25) is 0 Å². The van der Waals surface area contributed by atoms with Crippen molar-refractivity contribution in [3.05, 3.63) is 63.4 Å². The highest BCUT2D eigenvalue weighted by atomic mass is 79.9. The number of hydrogen-bond acceptors (Lipinski definition) is 4. The maximum absolute atomic E-state index is 14.7. The van der Waals surface area contributed by atoms with Crippen molar-refractivity contribution in [1.29, 1.82) is 0 Å². The van der Waals surface area contributed by atoms with E-state index in [4.69, 9.17) is 11.6 Å². The van der Waals surface area contributed by atoms with Crippen LogP contribution in [0.2, 0.25) is 5.02 Å². The zero-order chi connectivity index (χ0) is 21.0. The first kappa shape index (κ1) is 20.1. The molecule has 0 amide bonds. The molecular weight excluding hydrogens is 474 g/mol. The predicted octanol–water partition coefficient (Wildman–Crippen LogP) is 5.57. The second-order valence-electron chi connectivity index (χ2n) is 8.11. The third kappa shape index (κ3) is 3.27. The van der Waals surface area contributed by atoms with Gasteiger partial charge in [0.15, 0.2) is 5.82 Å². The SMILES string of the molecule is CN(Cc1ccccc1)C1C[C@H]2CC[C@@H]1N2c1nc(F)nc2c(F)c(Br)c(Cl)cc12. The second kappa shape index (κ2) is 7.70. The molecule has 1 unspecified atom stereocenters. The molecular formula is C22H20BrClF2N4. The second-order valence-corrected chi connectivity index (χ2v) is 9.31. The Morgan fingerprint density at radius 3 is 2.73 bits per heavy atom. The maximum Gasteiger partial charge on any atom is 0.311 e. The van der Waals surface area contributed by atoms with Gasteiger partial charge in [-0.3, -0.25) is 4.90 Å². The van der Waals surface area contributed by atoms with Crippen LogP contribution in [0.3, 0.4) is 0 Å². The van der Waals surface area contributed by atoms with E-state index in [1.54, 1.807) is 6.07 Å². The first-order valence-electron chi connectivity index (χ1n) is 9.97. The van der Waals surface area contributed by atoms with Crippen LogP contribution in [-0.4, -0.2) is 40.0 Å². The standard InChI is InChI=1S/C22H20BrClF2N4/c1-29(11-12-5-3-2-4-6-12)17-9-13-7-8-16(17)30(13)21-14-10-15(24)18(23)19(25)20(14)27-22(26)28-21/h2-6,10,13,16-17H,7-9,11H2,1H3/t13-,16+,17?/m1/s1. The minimum atomic E-state index is -0.925. The summed E-state index contributed by atoms with van der Waals surface area (Å²) in [5.41, 5.74) is 1.21. The number of nitrogens with zero attached hydrogens (tertiary/aromatic N) is 4. The van der Waals surface area contributed by atoms with Gasteiger partial charge in [0.05, 0.1) is 9.50 Å². The lowest BCUT2D eigenvalue weighted by Crippen LogP contribution is -2.42. The third-order valence-electron chi connectivity index (χ3n) is 6.37. The Bertz CT molecular complexity index is 1110. The molecule has 2 bridgehead atoms. The van der Waals surface area contributed by atoms with E-state index in [2.05, 4.69) is 54.9 Å². The molecule has 3 atom stereocenters. The summed E-state index contributed by atoms with van der Waals surface area (Å²) in [4.78, 5) is 12.3. The lowest BCUT2D eigenvalue weighted by molar-refractivity contribution is 0.202. The smallest absolute Gasteiger partial charge is 0.311 e. The van der Waals surface area contributed by atoms with Gasteiger partial charge in [0.25, 0.3) is 0 Å². The third-order valence-corrected chi connectivity index (χ3v) is 7.67. The maximum atomic E-state index is 14.7. The van der Waals surface area contributed by atoms with Gasteiger partial charge in [-0.2, -0.15) is 14.4 Å². The Labute approximate surface area is 187 Å². The van der Waals surface area contributed by atoms with Crippen LogP contribution in [0, 0.1) is 11.9 Å². The van der Waals surface area contributed by atoms with E-state index in [1.165, 1.54) is 5.56 Å². The van der Waals surface area contributed by atoms with Crippen LogP contribution in [0.15, 0.2) is 40.9 Å². The van der Waals surface area contributed by atoms with Crippen molar-refractivity contribution in [2.24, 2.45) is 0 Å². The lowest BCUT2D eigenvalue weighted by atomic mass is 9.94. The normalized spacial score (nSPS) is 23.1. The number of likely N-dealkylation sites (N-methyl/N-ethyl adjacent to an activating group) is 1. The number of aromatic nitrogens is 2. The van der Waals surface area contributed by atoms with E-state index >= 15 is 0 Å². The summed E-state index contributed by atoms with van der Waals surface area (Å²) in [5.74, 6) is -0.224. The van der Waals surface area contributed by atoms with Gasteiger partial charge in [-0.25, -0.2) is 4.39 Å². The quantitative estimate of drug-likeness (QED) is 0.352. The average Bonchev–Trinajstić information content (AvgIpc) is 3.31. The number of rotatable bonds is 4. The molecule has 2 aromatic carbocycles. The molecule has 4 nitrogen and oxygen atoms in total. The first-order valence-corrected chi connectivity index (χ1v) is 11.1. The molecule has 2 fully saturated rings. The molecule has 0 spiro atoms. The van der Waals surface area contributed by atoms with Crippen LogP contribution in [0.4, 0.5) is 14.6 Å². The van der Waals surface area contributed by atoms with Crippen LogP contribution >= 0.6 is 27.5 Å². The van der Waals surface area contributed by atoms with Crippen LogP contribution < -0.4 is 4.90 Å². The summed E-state index contributed by atoms with van der Waals surface area (Å²) in [6.45, 7) is 0.842. The number of hydrogen-bond donors (Lipinski definition) is 0. The summed E-state index contributed by atoms with van der Waals surface area (Å²) in [6, 6.07) is 12.7. The molecule has 30 heavy (non-hydrogen) atoms. The zero-order valence-corrected chi connectivity index (χ0v) is 18.7. The number of fused-ring (bicyclic) bond motifs is 3. The Hall–Kier alpha value is -1.83. The van der Waals surface area contributed by atoms with Gasteiger partial charge < -0.3 is 4.90 Å². The van der Waals surface area contributed by atoms with Crippen molar-refractivity contribution in [3.8, 4) is 0 Å². The van der Waals surface area contributed by atoms with E-state index in [0.29, 0.717) is 17.2 Å². The van der Waals surface area contributed by atoms with Crippen molar-refractivity contribution in [2.45, 2.75) is 43.9 Å². The molecule has 3 heterocycles. The highest BCUT2D eigenvalue weighted by Crippen LogP contribution is 2.45. The largest absolute Gasteiger partial charge is 0.348 e. The van der Waals surface area contributed by atoms with Crippen LogP contribution in [-0.2, 0) is 6.54 Å². The Morgan fingerprint density at radius 2 is 1.97 bits per heavy atom. The molecule has 5 rings (SSSR count). The van der Waals surface area contributed by atoms with E-state index in [1.807, 2.05) is 18.2 Å². The molecule has 2 aliphatic heterocycles. The molecule has 2 aliphatic rings. The molecule has 0 radical (unpaired) electrons. The average molecular weight is 494 g/mol. The van der Waals surface area contributed by atoms with Crippen molar-refractivity contribution in [2.75, 3.05) is 11.9 Å². The van der Waals surface area contributed by atoms with Gasteiger partial charge in [0.1, 0.15) is 11.3 Å². The van der Waals surface area contributed by atoms with Gasteiger partial charge in [-0.15, -0.1) is 0 Å². The van der Waals surface area contributed by atoms with Crippen molar-refractivity contribution >= 4 is 44.3 Å². The molecule has 0 saturated carbocycles. The van der Waals surface area contributed by atoms with Crippen LogP contribution in [0.1, 0.15) is 24.8 Å². The van der Waals surface area contributed by atoms with E-state index in [9.17, 15) is 8.78 Å². The van der Waals surface area contributed by atoms with E-state index in [-0.39, 0.29) is 27.1 Å². The van der Waals surface area contributed by atoms with Gasteiger partial charge in [0, 0.05) is 30.1 Å². The number of benzene rings is 2. The fourth-order valence-corrected chi connectivity index (χ4v) is 5.57. The first-order chi connectivity index (χ1) is 14.4. The van der Waals surface area contributed by atoms with E-state index in [0.717, 1.165) is 25.8 Å². The number of anilines is 1. The van der Waals surface area contributed by atoms with Gasteiger partial charge in [-0.05, 0) is 53.9 Å². The molecule has 0 aliphatic carbocycles. The summed E-state index contributed by atoms with van der Waals surface area (Å²) in [5, 5.41) is 0.672. The summed E-state index contributed by atoms with van der Waals surface area (Å²) >= 11 is 9.33. The summed E-state index contributed by atoms with van der Waals surface area (Å²) in [7, 11) is 2.13. The minimum Gasteiger partial charge on any atom is -0.348 e. The minimum absolute atomic E-state index is 0.0470. The topological polar surface area (TPSA) is 32.3 Å². The summed E-state index contributed by atoms with van der Waals surface area (Å²) in [6.07, 6.45) is 2.05. The van der Waals surface area contributed by atoms with Crippen LogP contribution in [0.25, 0.3) is 10.9 Å². The highest BCUT2D eigenvalue weighted by Gasteiger charge is 2.48. The van der Waals surface area contributed by atoms with E-state index < -0.39 is 11.9 Å². The molecule has 2 saturated heterocycles. The van der Waals surface area contributed by atoms with Crippen molar-refractivity contribution < 1.29 is 8.78 Å². The molecule has 0 N–H and O–H groups in total. The molecule has 1 aromatic heterocycles. The fourth-order valence-electron chi connectivity index (χ4n) is 5.08. The fraction of sp³-hybridized carbons (Fsp3) is 0.364. The summed E-state index contributed by atoms with van der Waals surface area (Å²) < 4.78 is 29.1. The van der Waals surface area contributed by atoms with Crippen LogP contribution in [0.5, 0.6) is 0 Å². The van der Waals surface area contributed by atoms with Crippen molar-refractivity contribution in [1.82, 2.24) is 14.9 Å². The molecule has 8 heteroatoms. The Balaban J connectivity index is 1.52. The van der Waals surface area contributed by atoms with Gasteiger partial charge >= 0.3 is 6.08 Å². The Morgan fingerprint density at radius 1 is 1.20 bits per heavy atom. The van der Waals surface area contributed by atoms with Gasteiger partial charge in [-0.1, -0.05) is 41.9 Å². The predicted molar refractivity (Wildman–Crippen MR) is 118 cm³/mol. The number of halogens is 4. The lowest BCUT2D eigenvalue weighted by Gasteiger charge is -2.32. The highest BCUT2D eigenvalue weighted by molar-refractivity contribution is 9.10. The molecule has 156 valence electrons. The zero-order valence-electron chi connectivity index (χ0n) is 16.3. The Kier molecular flexibility index (Phi) is 5.16. The molecule has 3 aromatic rings.